The lowest BCUT2D eigenvalue weighted by molar-refractivity contribution is 0.113. The lowest BCUT2D eigenvalue weighted by Gasteiger charge is -2.27. The van der Waals surface area contributed by atoms with E-state index in [9.17, 15) is 0 Å². The number of methoxy groups -OCH3 is 1. The van der Waals surface area contributed by atoms with Crippen LogP contribution >= 0.6 is 0 Å². The highest BCUT2D eigenvalue weighted by Gasteiger charge is 2.19. The smallest absolute Gasteiger partial charge is 0.191 e. The maximum atomic E-state index is 5.64. The number of guanidine groups is 1. The van der Waals surface area contributed by atoms with Crippen molar-refractivity contribution in [1.29, 1.82) is 0 Å². The van der Waals surface area contributed by atoms with Gasteiger partial charge in [0.15, 0.2) is 5.96 Å². The Hall–Kier alpha value is -1.79. The van der Waals surface area contributed by atoms with Crippen LogP contribution < -0.4 is 15.4 Å². The van der Waals surface area contributed by atoms with Gasteiger partial charge >= 0.3 is 0 Å². The lowest BCUT2D eigenvalue weighted by atomic mass is 10.0. The van der Waals surface area contributed by atoms with E-state index in [-0.39, 0.29) is 6.04 Å². The number of benzene rings is 1. The average molecular weight is 334 g/mol. The SMILES string of the molecule is CN=C(NCC1CCCO1)NCC(c1ccccc1OC)N(C)C. The van der Waals surface area contributed by atoms with E-state index in [1.165, 1.54) is 0 Å². The molecule has 6 heteroatoms. The van der Waals surface area contributed by atoms with Crippen LogP contribution in [0.1, 0.15) is 24.4 Å². The number of likely N-dealkylation sites (N-methyl/N-ethyl adjacent to an activating group) is 1. The minimum Gasteiger partial charge on any atom is -0.496 e. The van der Waals surface area contributed by atoms with Crippen LogP contribution in [0.5, 0.6) is 5.75 Å². The highest BCUT2D eigenvalue weighted by molar-refractivity contribution is 5.79. The molecule has 6 nitrogen and oxygen atoms in total. The van der Waals surface area contributed by atoms with Crippen molar-refractivity contribution in [2.45, 2.75) is 25.0 Å². The van der Waals surface area contributed by atoms with Crippen molar-refractivity contribution in [2.24, 2.45) is 4.99 Å². The van der Waals surface area contributed by atoms with E-state index in [1.807, 2.05) is 18.2 Å². The summed E-state index contributed by atoms with van der Waals surface area (Å²) in [6, 6.07) is 8.32. The van der Waals surface area contributed by atoms with Gasteiger partial charge in [-0.05, 0) is 33.0 Å². The molecule has 2 atom stereocenters. The summed E-state index contributed by atoms with van der Waals surface area (Å²) < 4.78 is 11.1. The largest absolute Gasteiger partial charge is 0.496 e. The van der Waals surface area contributed by atoms with Crippen molar-refractivity contribution in [3.05, 3.63) is 29.8 Å². The van der Waals surface area contributed by atoms with Crippen LogP contribution in [0, 0.1) is 0 Å². The standard InChI is InChI=1S/C18H30N4O2/c1-19-18(20-12-14-8-7-11-24-14)21-13-16(22(2)3)15-9-5-6-10-17(15)23-4/h5-6,9-10,14,16H,7-8,11-13H2,1-4H3,(H2,19,20,21). The number of ether oxygens (including phenoxy) is 2. The van der Waals surface area contributed by atoms with Crippen LogP contribution in [-0.2, 0) is 4.74 Å². The zero-order valence-corrected chi connectivity index (χ0v) is 15.2. The molecule has 0 spiro atoms. The molecule has 1 saturated heterocycles. The number of nitrogens with one attached hydrogen (secondary N) is 2. The number of rotatable bonds is 7. The predicted octanol–water partition coefficient (Wildman–Crippen LogP) is 1.64. The second-order valence-corrected chi connectivity index (χ2v) is 6.19. The van der Waals surface area contributed by atoms with Crippen molar-refractivity contribution in [2.75, 3.05) is 47.9 Å². The third kappa shape index (κ3) is 5.11. The van der Waals surface area contributed by atoms with Gasteiger partial charge in [-0.15, -0.1) is 0 Å². The van der Waals surface area contributed by atoms with Crippen LogP contribution in [0.2, 0.25) is 0 Å². The van der Waals surface area contributed by atoms with E-state index < -0.39 is 0 Å². The topological polar surface area (TPSA) is 58.1 Å². The van der Waals surface area contributed by atoms with Gasteiger partial charge in [0.05, 0.1) is 19.3 Å². The van der Waals surface area contributed by atoms with Gasteiger partial charge in [-0.25, -0.2) is 0 Å². The van der Waals surface area contributed by atoms with Gasteiger partial charge in [0.2, 0.25) is 0 Å². The highest BCUT2D eigenvalue weighted by Crippen LogP contribution is 2.27. The third-order valence-corrected chi connectivity index (χ3v) is 4.33. The second-order valence-electron chi connectivity index (χ2n) is 6.19. The predicted molar refractivity (Wildman–Crippen MR) is 97.8 cm³/mol. The lowest BCUT2D eigenvalue weighted by Crippen LogP contribution is -2.44. The normalized spacial score (nSPS) is 19.4. The van der Waals surface area contributed by atoms with E-state index in [0.29, 0.717) is 6.10 Å². The summed E-state index contributed by atoms with van der Waals surface area (Å²) in [6.45, 7) is 2.40. The van der Waals surface area contributed by atoms with E-state index in [0.717, 1.165) is 49.8 Å². The fourth-order valence-corrected chi connectivity index (χ4v) is 2.94. The first-order valence-electron chi connectivity index (χ1n) is 8.51. The molecule has 0 bridgehead atoms. The summed E-state index contributed by atoms with van der Waals surface area (Å²) in [5.74, 6) is 1.70. The molecule has 1 aromatic carbocycles. The van der Waals surface area contributed by atoms with Crippen LogP contribution in [0.15, 0.2) is 29.3 Å². The highest BCUT2D eigenvalue weighted by atomic mass is 16.5. The Kier molecular flexibility index (Phi) is 7.34. The van der Waals surface area contributed by atoms with Gasteiger partial charge in [-0.3, -0.25) is 4.99 Å². The Morgan fingerprint density at radius 1 is 1.38 bits per heavy atom. The van der Waals surface area contributed by atoms with Crippen LogP contribution in [0.25, 0.3) is 0 Å². The number of para-hydroxylation sites is 1. The Morgan fingerprint density at radius 3 is 2.79 bits per heavy atom. The molecule has 134 valence electrons. The molecule has 2 N–H and O–H groups in total. The van der Waals surface area contributed by atoms with Crippen molar-refractivity contribution in [3.8, 4) is 5.75 Å². The summed E-state index contributed by atoms with van der Waals surface area (Å²) in [6.07, 6.45) is 2.56. The molecule has 0 aliphatic carbocycles. The summed E-state index contributed by atoms with van der Waals surface area (Å²) in [4.78, 5) is 6.48. The van der Waals surface area contributed by atoms with E-state index in [4.69, 9.17) is 9.47 Å². The number of hydrogen-bond donors (Lipinski definition) is 2. The van der Waals surface area contributed by atoms with Crippen molar-refractivity contribution < 1.29 is 9.47 Å². The van der Waals surface area contributed by atoms with Crippen LogP contribution in [0.3, 0.4) is 0 Å². The molecule has 1 aromatic rings. The quantitative estimate of drug-likeness (QED) is 0.586. The maximum Gasteiger partial charge on any atom is 0.191 e. The van der Waals surface area contributed by atoms with Crippen molar-refractivity contribution in [3.63, 3.8) is 0 Å². The van der Waals surface area contributed by atoms with Gasteiger partial charge < -0.3 is 25.0 Å². The minimum atomic E-state index is 0.183. The van der Waals surface area contributed by atoms with Gasteiger partial charge in [0.1, 0.15) is 5.75 Å². The monoisotopic (exact) mass is 334 g/mol. The molecule has 0 aromatic heterocycles. The first kappa shape index (κ1) is 18.5. The number of aliphatic imine (C=N–C) groups is 1. The molecule has 1 heterocycles. The molecule has 2 rings (SSSR count). The summed E-state index contributed by atoms with van der Waals surface area (Å²) in [5.41, 5.74) is 1.16. The zero-order chi connectivity index (χ0) is 17.4. The average Bonchev–Trinajstić information content (AvgIpc) is 3.11. The Morgan fingerprint density at radius 2 is 2.17 bits per heavy atom. The van der Waals surface area contributed by atoms with Crippen molar-refractivity contribution in [1.82, 2.24) is 15.5 Å². The Bertz CT molecular complexity index is 528. The van der Waals surface area contributed by atoms with Crippen molar-refractivity contribution >= 4 is 5.96 Å². The first-order valence-corrected chi connectivity index (χ1v) is 8.51. The fraction of sp³-hybridized carbons (Fsp3) is 0.611. The molecular weight excluding hydrogens is 304 g/mol. The Labute approximate surface area is 145 Å². The molecule has 1 fully saturated rings. The molecule has 0 radical (unpaired) electrons. The molecular formula is C18H30N4O2. The van der Waals surface area contributed by atoms with Crippen LogP contribution in [0.4, 0.5) is 0 Å². The molecule has 0 amide bonds. The van der Waals surface area contributed by atoms with E-state index in [2.05, 4.69) is 40.7 Å². The molecule has 1 aliphatic heterocycles. The summed E-state index contributed by atoms with van der Waals surface area (Å²) >= 11 is 0. The first-order chi connectivity index (χ1) is 11.7. The third-order valence-electron chi connectivity index (χ3n) is 4.33. The molecule has 2 unspecified atom stereocenters. The fourth-order valence-electron chi connectivity index (χ4n) is 2.94. The van der Waals surface area contributed by atoms with E-state index >= 15 is 0 Å². The summed E-state index contributed by atoms with van der Waals surface area (Å²) in [7, 11) is 7.64. The molecule has 24 heavy (non-hydrogen) atoms. The number of hydrogen-bond acceptors (Lipinski definition) is 4. The van der Waals surface area contributed by atoms with Gasteiger partial charge in [0, 0.05) is 32.3 Å². The van der Waals surface area contributed by atoms with Gasteiger partial charge in [-0.2, -0.15) is 0 Å². The Balaban J connectivity index is 1.94. The summed E-state index contributed by atoms with van der Waals surface area (Å²) in [5, 5.41) is 6.76. The molecule has 0 saturated carbocycles. The zero-order valence-electron chi connectivity index (χ0n) is 15.2. The van der Waals surface area contributed by atoms with E-state index in [1.54, 1.807) is 14.2 Å². The van der Waals surface area contributed by atoms with Gasteiger partial charge in [0.25, 0.3) is 0 Å². The number of nitrogens with zero attached hydrogens (tertiary/aromatic N) is 2. The maximum absolute atomic E-state index is 5.64. The minimum absolute atomic E-state index is 0.183. The van der Waals surface area contributed by atoms with Gasteiger partial charge in [-0.1, -0.05) is 18.2 Å². The second kappa shape index (κ2) is 9.49. The van der Waals surface area contributed by atoms with Crippen LogP contribution in [-0.4, -0.2) is 64.9 Å². The molecule has 1 aliphatic rings.